The highest BCUT2D eigenvalue weighted by Gasteiger charge is 2.17. The average molecular weight is 277 g/mol. The fourth-order valence-corrected chi connectivity index (χ4v) is 2.47. The molecule has 0 aliphatic rings. The molecule has 0 spiro atoms. The molecule has 2 aromatic rings. The summed E-state index contributed by atoms with van der Waals surface area (Å²) >= 11 is 0. The molecule has 2 aromatic heterocycles. The molecule has 0 saturated heterocycles. The zero-order valence-electron chi connectivity index (χ0n) is 12.9. The molecule has 0 fully saturated rings. The molecular formula is C13H23N7. The van der Waals surface area contributed by atoms with Crippen molar-refractivity contribution in [2.24, 2.45) is 7.05 Å². The van der Waals surface area contributed by atoms with E-state index in [1.165, 1.54) is 10.4 Å². The summed E-state index contributed by atoms with van der Waals surface area (Å²) in [5.41, 5.74) is 3.48. The Morgan fingerprint density at radius 3 is 2.60 bits per heavy atom. The van der Waals surface area contributed by atoms with Crippen molar-refractivity contribution in [3.8, 4) is 0 Å². The summed E-state index contributed by atoms with van der Waals surface area (Å²) in [7, 11) is 1.76. The number of aryl methyl sites for hydroxylation is 2. The van der Waals surface area contributed by atoms with Crippen LogP contribution in [0.4, 0.5) is 0 Å². The zero-order chi connectivity index (χ0) is 14.7. The fourth-order valence-electron chi connectivity index (χ4n) is 2.47. The lowest BCUT2D eigenvalue weighted by atomic mass is 10.1. The second-order valence-electron chi connectivity index (χ2n) is 5.11. The van der Waals surface area contributed by atoms with E-state index < -0.39 is 0 Å². The predicted molar refractivity (Wildman–Crippen MR) is 76.3 cm³/mol. The van der Waals surface area contributed by atoms with E-state index in [-0.39, 0.29) is 0 Å². The van der Waals surface area contributed by atoms with Crippen LogP contribution in [-0.2, 0) is 13.6 Å². The van der Waals surface area contributed by atoms with Gasteiger partial charge in [0.25, 0.3) is 0 Å². The Morgan fingerprint density at radius 1 is 1.25 bits per heavy atom. The maximum atomic E-state index is 4.60. The third kappa shape index (κ3) is 3.04. The summed E-state index contributed by atoms with van der Waals surface area (Å²) in [6.45, 7) is 10.1. The second-order valence-corrected chi connectivity index (χ2v) is 5.11. The van der Waals surface area contributed by atoms with E-state index in [1.54, 1.807) is 7.05 Å². The van der Waals surface area contributed by atoms with Gasteiger partial charge in [-0.25, -0.2) is 0 Å². The van der Waals surface area contributed by atoms with E-state index in [0.29, 0.717) is 18.4 Å². The van der Waals surface area contributed by atoms with Crippen molar-refractivity contribution < 1.29 is 0 Å². The SMILES string of the molecule is CCCNC(C)c1c(C)nn(Cc2nnn(C)n2)c1C. The summed E-state index contributed by atoms with van der Waals surface area (Å²) in [6, 6.07) is 0.304. The highest BCUT2D eigenvalue weighted by atomic mass is 15.6. The molecule has 7 heteroatoms. The highest BCUT2D eigenvalue weighted by Crippen LogP contribution is 2.21. The van der Waals surface area contributed by atoms with Gasteiger partial charge in [0, 0.05) is 17.3 Å². The molecule has 1 unspecified atom stereocenters. The fraction of sp³-hybridized carbons (Fsp3) is 0.692. The summed E-state index contributed by atoms with van der Waals surface area (Å²) in [5.74, 6) is 0.679. The summed E-state index contributed by atoms with van der Waals surface area (Å²) in [5, 5.41) is 20.2. The predicted octanol–water partition coefficient (Wildman–Crippen LogP) is 1.13. The van der Waals surface area contributed by atoms with Gasteiger partial charge in [0.1, 0.15) is 6.54 Å². The van der Waals surface area contributed by atoms with E-state index in [0.717, 1.165) is 24.4 Å². The van der Waals surface area contributed by atoms with Crippen LogP contribution in [0.5, 0.6) is 0 Å². The minimum atomic E-state index is 0.304. The van der Waals surface area contributed by atoms with Crippen LogP contribution in [0.2, 0.25) is 0 Å². The molecule has 1 N–H and O–H groups in total. The van der Waals surface area contributed by atoms with Crippen molar-refractivity contribution in [1.82, 2.24) is 35.3 Å². The van der Waals surface area contributed by atoms with Crippen LogP contribution in [0.3, 0.4) is 0 Å². The van der Waals surface area contributed by atoms with Crippen molar-refractivity contribution in [3.05, 3.63) is 22.8 Å². The Bertz CT molecular complexity index is 569. The standard InChI is InChI=1S/C13H23N7/c1-6-7-14-9(2)13-10(3)16-20(11(13)4)8-12-15-18-19(5)17-12/h9,14H,6-8H2,1-5H3. The molecular weight excluding hydrogens is 254 g/mol. The molecule has 7 nitrogen and oxygen atoms in total. The largest absolute Gasteiger partial charge is 0.310 e. The van der Waals surface area contributed by atoms with Crippen LogP contribution in [0.1, 0.15) is 49.1 Å². The highest BCUT2D eigenvalue weighted by molar-refractivity contribution is 5.28. The average Bonchev–Trinajstić information content (AvgIpc) is 2.92. The first-order chi connectivity index (χ1) is 9.52. The molecule has 0 aromatic carbocycles. The van der Waals surface area contributed by atoms with Crippen molar-refractivity contribution in [1.29, 1.82) is 0 Å². The third-order valence-corrected chi connectivity index (χ3v) is 3.41. The quantitative estimate of drug-likeness (QED) is 0.857. The van der Waals surface area contributed by atoms with E-state index >= 15 is 0 Å². The van der Waals surface area contributed by atoms with E-state index in [4.69, 9.17) is 0 Å². The van der Waals surface area contributed by atoms with E-state index in [1.807, 2.05) is 11.6 Å². The molecule has 1 atom stereocenters. The molecule has 0 aliphatic carbocycles. The minimum Gasteiger partial charge on any atom is -0.310 e. The van der Waals surface area contributed by atoms with Gasteiger partial charge in [0.2, 0.25) is 0 Å². The van der Waals surface area contributed by atoms with Gasteiger partial charge in [-0.2, -0.15) is 9.90 Å². The van der Waals surface area contributed by atoms with Crippen LogP contribution in [0.15, 0.2) is 0 Å². The monoisotopic (exact) mass is 277 g/mol. The maximum Gasteiger partial charge on any atom is 0.196 e. The van der Waals surface area contributed by atoms with Gasteiger partial charge in [0.05, 0.1) is 12.7 Å². The topological polar surface area (TPSA) is 73.5 Å². The van der Waals surface area contributed by atoms with Gasteiger partial charge in [-0.05, 0) is 39.0 Å². The van der Waals surface area contributed by atoms with Gasteiger partial charge >= 0.3 is 0 Å². The summed E-state index contributed by atoms with van der Waals surface area (Å²) in [6.07, 6.45) is 1.13. The molecule has 0 aliphatic heterocycles. The van der Waals surface area contributed by atoms with Crippen molar-refractivity contribution in [3.63, 3.8) is 0 Å². The number of hydrogen-bond acceptors (Lipinski definition) is 5. The normalized spacial score (nSPS) is 12.8. The third-order valence-electron chi connectivity index (χ3n) is 3.41. The number of hydrogen-bond donors (Lipinski definition) is 1. The first-order valence-electron chi connectivity index (χ1n) is 7.03. The van der Waals surface area contributed by atoms with Crippen LogP contribution in [0.25, 0.3) is 0 Å². The Kier molecular flexibility index (Phi) is 4.49. The summed E-state index contributed by atoms with van der Waals surface area (Å²) in [4.78, 5) is 1.47. The Labute approximate surface area is 119 Å². The van der Waals surface area contributed by atoms with Gasteiger partial charge in [-0.1, -0.05) is 6.92 Å². The Morgan fingerprint density at radius 2 is 2.00 bits per heavy atom. The Hall–Kier alpha value is -1.76. The van der Waals surface area contributed by atoms with Crippen molar-refractivity contribution in [2.45, 2.75) is 46.7 Å². The first-order valence-corrected chi connectivity index (χ1v) is 7.03. The maximum absolute atomic E-state index is 4.60. The van der Waals surface area contributed by atoms with Crippen molar-refractivity contribution >= 4 is 0 Å². The minimum absolute atomic E-state index is 0.304. The van der Waals surface area contributed by atoms with Gasteiger partial charge in [-0.3, -0.25) is 4.68 Å². The molecule has 110 valence electrons. The van der Waals surface area contributed by atoms with Crippen LogP contribution in [-0.4, -0.2) is 36.5 Å². The number of tetrazole rings is 1. The molecule has 0 saturated carbocycles. The number of rotatable bonds is 6. The van der Waals surface area contributed by atoms with Crippen LogP contribution >= 0.6 is 0 Å². The molecule has 0 amide bonds. The lowest BCUT2D eigenvalue weighted by Crippen LogP contribution is -2.20. The molecule has 2 rings (SSSR count). The van der Waals surface area contributed by atoms with Crippen LogP contribution < -0.4 is 5.32 Å². The molecule has 0 radical (unpaired) electrons. The van der Waals surface area contributed by atoms with Crippen LogP contribution in [0, 0.1) is 13.8 Å². The smallest absolute Gasteiger partial charge is 0.196 e. The van der Waals surface area contributed by atoms with Gasteiger partial charge < -0.3 is 5.32 Å². The first kappa shape index (κ1) is 14.6. The van der Waals surface area contributed by atoms with Gasteiger partial charge in [-0.15, -0.1) is 10.2 Å². The van der Waals surface area contributed by atoms with E-state index in [9.17, 15) is 0 Å². The van der Waals surface area contributed by atoms with E-state index in [2.05, 4.69) is 46.6 Å². The number of nitrogens with one attached hydrogen (secondary N) is 1. The molecule has 2 heterocycles. The summed E-state index contributed by atoms with van der Waals surface area (Å²) < 4.78 is 1.95. The Balaban J connectivity index is 2.19. The number of aromatic nitrogens is 6. The lowest BCUT2D eigenvalue weighted by molar-refractivity contribution is 0.563. The zero-order valence-corrected chi connectivity index (χ0v) is 12.9. The molecule has 0 bridgehead atoms. The number of nitrogens with zero attached hydrogens (tertiary/aromatic N) is 6. The second kappa shape index (κ2) is 6.13. The molecule has 20 heavy (non-hydrogen) atoms. The lowest BCUT2D eigenvalue weighted by Gasteiger charge is -2.14. The van der Waals surface area contributed by atoms with Gasteiger partial charge in [0.15, 0.2) is 5.82 Å². The van der Waals surface area contributed by atoms with Crippen molar-refractivity contribution in [2.75, 3.05) is 6.54 Å².